The van der Waals surface area contributed by atoms with Crippen molar-refractivity contribution in [3.63, 3.8) is 0 Å². The number of thiol groups is 1. The van der Waals surface area contributed by atoms with Crippen molar-refractivity contribution in [3.05, 3.63) is 29.8 Å². The normalized spacial score (nSPS) is 10.4. The van der Waals surface area contributed by atoms with Gasteiger partial charge in [-0.05, 0) is 36.6 Å². The second-order valence-electron chi connectivity index (χ2n) is 3.52. The first kappa shape index (κ1) is 11.4. The first-order valence-electron chi connectivity index (χ1n) is 5.22. The average Bonchev–Trinajstić information content (AvgIpc) is 2.20. The lowest BCUT2D eigenvalue weighted by molar-refractivity contribution is 0.466. The van der Waals surface area contributed by atoms with Crippen LogP contribution >= 0.6 is 12.6 Å². The van der Waals surface area contributed by atoms with Crippen LogP contribution in [0.25, 0.3) is 0 Å². The van der Waals surface area contributed by atoms with Crippen LogP contribution in [0.15, 0.2) is 24.3 Å². The summed E-state index contributed by atoms with van der Waals surface area (Å²) in [5, 5.41) is 9.50. The van der Waals surface area contributed by atoms with Crippen LogP contribution in [0.5, 0.6) is 5.75 Å². The minimum Gasteiger partial charge on any atom is -0.508 e. The van der Waals surface area contributed by atoms with Gasteiger partial charge in [0.05, 0.1) is 0 Å². The smallest absolute Gasteiger partial charge is 0.118 e. The molecule has 1 rings (SSSR count). The summed E-state index contributed by atoms with van der Waals surface area (Å²) in [4.78, 5) is 0. The second-order valence-corrected chi connectivity index (χ2v) is 3.96. The number of unbranched alkanes of at least 4 members (excludes halogenated alkanes) is 3. The van der Waals surface area contributed by atoms with Crippen molar-refractivity contribution in [1.82, 2.24) is 0 Å². The molecule has 0 aliphatic carbocycles. The van der Waals surface area contributed by atoms with Crippen LogP contribution in [0.1, 0.15) is 31.2 Å². The predicted octanol–water partition coefficient (Wildman–Crippen LogP) is 3.42. The van der Waals surface area contributed by atoms with Gasteiger partial charge in [-0.2, -0.15) is 12.6 Å². The molecule has 0 fully saturated rings. The number of aromatic hydroxyl groups is 1. The highest BCUT2D eigenvalue weighted by Crippen LogP contribution is 2.18. The minimum absolute atomic E-state index is 0.432. The Kier molecular flexibility index (Phi) is 5.53. The lowest BCUT2D eigenvalue weighted by atomic mass is 10.1. The molecule has 0 aliphatic heterocycles. The van der Waals surface area contributed by atoms with E-state index in [0.717, 1.165) is 24.2 Å². The van der Waals surface area contributed by atoms with Gasteiger partial charge in [-0.1, -0.05) is 31.0 Å². The average molecular weight is 210 g/mol. The van der Waals surface area contributed by atoms with Crippen molar-refractivity contribution < 1.29 is 5.11 Å². The monoisotopic (exact) mass is 210 g/mol. The fourth-order valence-electron chi connectivity index (χ4n) is 1.50. The van der Waals surface area contributed by atoms with Crippen LogP contribution in [0.2, 0.25) is 0 Å². The maximum absolute atomic E-state index is 9.50. The molecule has 1 nitrogen and oxygen atoms in total. The summed E-state index contributed by atoms with van der Waals surface area (Å²) >= 11 is 4.17. The molecule has 0 spiro atoms. The van der Waals surface area contributed by atoms with Gasteiger partial charge in [0.2, 0.25) is 0 Å². The Morgan fingerprint density at radius 3 is 2.43 bits per heavy atom. The molecule has 0 heterocycles. The summed E-state index contributed by atoms with van der Waals surface area (Å²) in [7, 11) is 0. The lowest BCUT2D eigenvalue weighted by Gasteiger charge is -2.03. The standard InChI is InChI=1S/C12H18OS/c13-12-9-5-4-8-11(12)7-3-1-2-6-10-14/h4-5,8-9,13-14H,1-3,6-7,10H2. The number of phenols is 1. The molecular weight excluding hydrogens is 192 g/mol. The summed E-state index contributed by atoms with van der Waals surface area (Å²) in [6.07, 6.45) is 5.82. The Labute approximate surface area is 91.6 Å². The maximum atomic E-state index is 9.50. The first-order valence-corrected chi connectivity index (χ1v) is 5.85. The van der Waals surface area contributed by atoms with E-state index in [-0.39, 0.29) is 0 Å². The second kappa shape index (κ2) is 6.77. The van der Waals surface area contributed by atoms with E-state index < -0.39 is 0 Å². The van der Waals surface area contributed by atoms with E-state index in [2.05, 4.69) is 12.6 Å². The molecule has 0 bridgehead atoms. The van der Waals surface area contributed by atoms with E-state index in [1.165, 1.54) is 19.3 Å². The van der Waals surface area contributed by atoms with Crippen LogP contribution in [-0.4, -0.2) is 10.9 Å². The Morgan fingerprint density at radius 2 is 1.71 bits per heavy atom. The molecule has 2 heteroatoms. The minimum atomic E-state index is 0.432. The molecule has 0 saturated heterocycles. The van der Waals surface area contributed by atoms with Gasteiger partial charge < -0.3 is 5.11 Å². The van der Waals surface area contributed by atoms with E-state index in [9.17, 15) is 5.11 Å². The van der Waals surface area contributed by atoms with Gasteiger partial charge in [0, 0.05) is 0 Å². The molecule has 0 aliphatic rings. The summed E-state index contributed by atoms with van der Waals surface area (Å²) in [5.74, 6) is 1.41. The molecule has 0 aromatic heterocycles. The van der Waals surface area contributed by atoms with E-state index in [4.69, 9.17) is 0 Å². The van der Waals surface area contributed by atoms with Crippen molar-refractivity contribution in [2.45, 2.75) is 32.1 Å². The van der Waals surface area contributed by atoms with Crippen molar-refractivity contribution in [3.8, 4) is 5.75 Å². The molecule has 0 atom stereocenters. The van der Waals surface area contributed by atoms with Gasteiger partial charge >= 0.3 is 0 Å². The highest BCUT2D eigenvalue weighted by Gasteiger charge is 1.98. The van der Waals surface area contributed by atoms with E-state index >= 15 is 0 Å². The summed E-state index contributed by atoms with van der Waals surface area (Å²) < 4.78 is 0. The first-order chi connectivity index (χ1) is 6.84. The Bertz CT molecular complexity index is 260. The van der Waals surface area contributed by atoms with E-state index in [0.29, 0.717) is 5.75 Å². The number of benzene rings is 1. The van der Waals surface area contributed by atoms with Crippen LogP contribution in [0.3, 0.4) is 0 Å². The fraction of sp³-hybridized carbons (Fsp3) is 0.500. The van der Waals surface area contributed by atoms with Gasteiger partial charge in [-0.3, -0.25) is 0 Å². The molecule has 78 valence electrons. The van der Waals surface area contributed by atoms with Crippen LogP contribution in [0, 0.1) is 0 Å². The van der Waals surface area contributed by atoms with Crippen molar-refractivity contribution >= 4 is 12.6 Å². The summed E-state index contributed by atoms with van der Waals surface area (Å²) in [6, 6.07) is 7.58. The quantitative estimate of drug-likeness (QED) is 0.544. The number of hydrogen-bond donors (Lipinski definition) is 2. The summed E-state index contributed by atoms with van der Waals surface area (Å²) in [6.45, 7) is 0. The number of aryl methyl sites for hydroxylation is 1. The van der Waals surface area contributed by atoms with Gasteiger partial charge in [0.25, 0.3) is 0 Å². The Balaban J connectivity index is 2.21. The SMILES string of the molecule is Oc1ccccc1CCCCCCS. The molecule has 14 heavy (non-hydrogen) atoms. The number of rotatable bonds is 6. The third kappa shape index (κ3) is 4.05. The van der Waals surface area contributed by atoms with Crippen LogP contribution < -0.4 is 0 Å². The maximum Gasteiger partial charge on any atom is 0.118 e. The Hall–Kier alpha value is -0.630. The lowest BCUT2D eigenvalue weighted by Crippen LogP contribution is -1.87. The van der Waals surface area contributed by atoms with Gasteiger partial charge in [-0.15, -0.1) is 0 Å². The fourth-order valence-corrected chi connectivity index (χ4v) is 1.73. The highest BCUT2D eigenvalue weighted by molar-refractivity contribution is 7.80. The highest BCUT2D eigenvalue weighted by atomic mass is 32.1. The van der Waals surface area contributed by atoms with Crippen molar-refractivity contribution in [1.29, 1.82) is 0 Å². The predicted molar refractivity (Wildman–Crippen MR) is 64.1 cm³/mol. The topological polar surface area (TPSA) is 20.2 Å². The molecular formula is C12H18OS. The zero-order valence-corrected chi connectivity index (χ0v) is 9.34. The largest absolute Gasteiger partial charge is 0.508 e. The molecule has 1 aromatic carbocycles. The molecule has 0 unspecified atom stereocenters. The Morgan fingerprint density at radius 1 is 1.00 bits per heavy atom. The summed E-state index contributed by atoms with van der Waals surface area (Å²) in [5.41, 5.74) is 1.07. The van der Waals surface area contributed by atoms with Crippen molar-refractivity contribution in [2.24, 2.45) is 0 Å². The van der Waals surface area contributed by atoms with Gasteiger partial charge in [0.15, 0.2) is 0 Å². The zero-order valence-electron chi connectivity index (χ0n) is 8.45. The third-order valence-electron chi connectivity index (χ3n) is 2.35. The number of phenolic OH excluding ortho intramolecular Hbond substituents is 1. The molecule has 1 aromatic rings. The van der Waals surface area contributed by atoms with Crippen LogP contribution in [-0.2, 0) is 6.42 Å². The van der Waals surface area contributed by atoms with E-state index in [1.807, 2.05) is 18.2 Å². The molecule has 1 N–H and O–H groups in total. The number of hydrogen-bond acceptors (Lipinski definition) is 2. The van der Waals surface area contributed by atoms with Crippen LogP contribution in [0.4, 0.5) is 0 Å². The zero-order chi connectivity index (χ0) is 10.2. The van der Waals surface area contributed by atoms with Crippen molar-refractivity contribution in [2.75, 3.05) is 5.75 Å². The molecule has 0 amide bonds. The molecule has 0 saturated carbocycles. The number of para-hydroxylation sites is 1. The van der Waals surface area contributed by atoms with E-state index in [1.54, 1.807) is 6.07 Å². The van der Waals surface area contributed by atoms with Gasteiger partial charge in [0.1, 0.15) is 5.75 Å². The molecule has 0 radical (unpaired) electrons. The third-order valence-corrected chi connectivity index (χ3v) is 2.66. The van der Waals surface area contributed by atoms with Gasteiger partial charge in [-0.25, -0.2) is 0 Å².